The lowest BCUT2D eigenvalue weighted by atomic mass is 10.2. The molecule has 0 aromatic rings. The fourth-order valence-corrected chi connectivity index (χ4v) is 0.360. The molecular weight excluding hydrogens is 142 g/mol. The van der Waals surface area contributed by atoms with E-state index < -0.39 is 0 Å². The summed E-state index contributed by atoms with van der Waals surface area (Å²) in [5, 5.41) is 2.57. The van der Waals surface area contributed by atoms with E-state index in [1.807, 2.05) is 27.7 Å². The van der Waals surface area contributed by atoms with Gasteiger partial charge in [-0.3, -0.25) is 0 Å². The minimum atomic E-state index is -0.358. The van der Waals surface area contributed by atoms with Gasteiger partial charge in [0.25, 0.3) is 0 Å². The standard InChI is InChI=1S/C6H13NO2.C2H6/c1-5(2)4-7-6(8)9-3;1-2/h5H,4H2,1-3H3,(H,7,8);1-2H3. The molecule has 0 saturated heterocycles. The van der Waals surface area contributed by atoms with Gasteiger partial charge in [0.1, 0.15) is 0 Å². The maximum Gasteiger partial charge on any atom is 0.406 e. The van der Waals surface area contributed by atoms with Gasteiger partial charge in [-0.25, -0.2) is 4.79 Å². The first-order valence-corrected chi connectivity index (χ1v) is 3.98. The Hall–Kier alpha value is -0.730. The van der Waals surface area contributed by atoms with Gasteiger partial charge in [-0.2, -0.15) is 0 Å². The summed E-state index contributed by atoms with van der Waals surface area (Å²) in [7, 11) is 1.36. The molecule has 0 aromatic carbocycles. The molecule has 0 rings (SSSR count). The van der Waals surface area contributed by atoms with Crippen molar-refractivity contribution in [3.8, 4) is 0 Å². The predicted molar refractivity (Wildman–Crippen MR) is 46.6 cm³/mol. The molecule has 0 aliphatic heterocycles. The van der Waals surface area contributed by atoms with Crippen molar-refractivity contribution in [2.45, 2.75) is 27.7 Å². The van der Waals surface area contributed by atoms with Crippen molar-refractivity contribution < 1.29 is 9.53 Å². The van der Waals surface area contributed by atoms with Crippen LogP contribution in [0, 0.1) is 5.92 Å². The van der Waals surface area contributed by atoms with Crippen LogP contribution in [0.2, 0.25) is 0 Å². The van der Waals surface area contributed by atoms with E-state index >= 15 is 0 Å². The average Bonchev–Trinajstić information content (AvgIpc) is 2.04. The molecule has 0 radical (unpaired) electrons. The molecule has 0 fully saturated rings. The van der Waals surface area contributed by atoms with Gasteiger partial charge in [-0.15, -0.1) is 0 Å². The van der Waals surface area contributed by atoms with Crippen LogP contribution in [0.4, 0.5) is 4.79 Å². The minimum Gasteiger partial charge on any atom is -0.453 e. The highest BCUT2D eigenvalue weighted by molar-refractivity contribution is 5.66. The monoisotopic (exact) mass is 161 g/mol. The number of methoxy groups -OCH3 is 1. The summed E-state index contributed by atoms with van der Waals surface area (Å²) in [5.74, 6) is 0.476. The zero-order valence-corrected chi connectivity index (χ0v) is 8.10. The molecule has 3 heteroatoms. The maximum absolute atomic E-state index is 10.4. The number of amides is 1. The molecule has 0 atom stereocenters. The number of ether oxygens (including phenoxy) is 1. The Morgan fingerprint density at radius 1 is 1.45 bits per heavy atom. The zero-order valence-electron chi connectivity index (χ0n) is 8.10. The van der Waals surface area contributed by atoms with Crippen molar-refractivity contribution >= 4 is 6.09 Å². The molecule has 0 aliphatic carbocycles. The van der Waals surface area contributed by atoms with E-state index in [4.69, 9.17) is 0 Å². The van der Waals surface area contributed by atoms with Crippen molar-refractivity contribution in [1.29, 1.82) is 0 Å². The molecule has 68 valence electrons. The lowest BCUT2D eigenvalue weighted by Crippen LogP contribution is -2.26. The third kappa shape index (κ3) is 12.5. The summed E-state index contributed by atoms with van der Waals surface area (Å²) in [6.07, 6.45) is -0.358. The fourth-order valence-electron chi connectivity index (χ4n) is 0.360. The molecule has 3 nitrogen and oxygen atoms in total. The van der Waals surface area contributed by atoms with Crippen molar-refractivity contribution in [1.82, 2.24) is 5.32 Å². The number of hydrogen-bond donors (Lipinski definition) is 1. The molecule has 1 N–H and O–H groups in total. The SMILES string of the molecule is CC.COC(=O)NCC(C)C. The molecule has 0 aromatic heterocycles. The summed E-state index contributed by atoms with van der Waals surface area (Å²) >= 11 is 0. The Kier molecular flexibility index (Phi) is 10.9. The van der Waals surface area contributed by atoms with Gasteiger partial charge in [-0.05, 0) is 5.92 Å². The Balaban J connectivity index is 0. The lowest BCUT2D eigenvalue weighted by molar-refractivity contribution is 0.169. The van der Waals surface area contributed by atoms with Gasteiger partial charge in [-0.1, -0.05) is 27.7 Å². The van der Waals surface area contributed by atoms with Gasteiger partial charge in [0, 0.05) is 6.54 Å². The molecule has 11 heavy (non-hydrogen) atoms. The van der Waals surface area contributed by atoms with Crippen LogP contribution in [-0.4, -0.2) is 19.7 Å². The van der Waals surface area contributed by atoms with E-state index in [-0.39, 0.29) is 6.09 Å². The van der Waals surface area contributed by atoms with E-state index in [1.165, 1.54) is 7.11 Å². The van der Waals surface area contributed by atoms with Crippen LogP contribution >= 0.6 is 0 Å². The van der Waals surface area contributed by atoms with E-state index in [1.54, 1.807) is 0 Å². The van der Waals surface area contributed by atoms with E-state index in [0.29, 0.717) is 12.5 Å². The van der Waals surface area contributed by atoms with Crippen LogP contribution < -0.4 is 5.32 Å². The van der Waals surface area contributed by atoms with Crippen LogP contribution in [0.25, 0.3) is 0 Å². The Bertz CT molecular complexity index is 92.1. The molecule has 1 amide bonds. The molecule has 0 aliphatic rings. The van der Waals surface area contributed by atoms with Crippen molar-refractivity contribution in [2.24, 2.45) is 5.92 Å². The Labute approximate surface area is 69.1 Å². The second-order valence-electron chi connectivity index (χ2n) is 2.27. The zero-order chi connectivity index (χ0) is 9.28. The average molecular weight is 161 g/mol. The van der Waals surface area contributed by atoms with Gasteiger partial charge in [0.15, 0.2) is 0 Å². The molecule has 0 bridgehead atoms. The fraction of sp³-hybridized carbons (Fsp3) is 0.875. The molecule has 0 unspecified atom stereocenters. The summed E-state index contributed by atoms with van der Waals surface area (Å²) in [6, 6.07) is 0. The smallest absolute Gasteiger partial charge is 0.406 e. The molecule has 0 saturated carbocycles. The second-order valence-corrected chi connectivity index (χ2v) is 2.27. The first-order valence-electron chi connectivity index (χ1n) is 3.98. The van der Waals surface area contributed by atoms with Gasteiger partial charge in [0.2, 0.25) is 0 Å². The summed E-state index contributed by atoms with van der Waals surface area (Å²) in [5.41, 5.74) is 0. The van der Waals surface area contributed by atoms with Crippen LogP contribution in [-0.2, 0) is 4.74 Å². The van der Waals surface area contributed by atoms with E-state index in [9.17, 15) is 4.79 Å². The van der Waals surface area contributed by atoms with E-state index in [2.05, 4.69) is 10.1 Å². The van der Waals surface area contributed by atoms with Crippen LogP contribution in [0.5, 0.6) is 0 Å². The summed E-state index contributed by atoms with van der Waals surface area (Å²) in [6.45, 7) is 8.72. The number of carbonyl (C=O) groups is 1. The van der Waals surface area contributed by atoms with Crippen molar-refractivity contribution in [3.63, 3.8) is 0 Å². The third-order valence-corrected chi connectivity index (χ3v) is 0.840. The normalized spacial score (nSPS) is 8.18. The first kappa shape index (κ1) is 12.9. The number of nitrogens with one attached hydrogen (secondary N) is 1. The highest BCUT2D eigenvalue weighted by Gasteiger charge is 1.97. The number of rotatable bonds is 2. The van der Waals surface area contributed by atoms with Gasteiger partial charge >= 0.3 is 6.09 Å². The van der Waals surface area contributed by atoms with E-state index in [0.717, 1.165) is 0 Å². The van der Waals surface area contributed by atoms with Crippen LogP contribution in [0.1, 0.15) is 27.7 Å². The molecule has 0 spiro atoms. The van der Waals surface area contributed by atoms with Gasteiger partial charge in [0.05, 0.1) is 7.11 Å². The third-order valence-electron chi connectivity index (χ3n) is 0.840. The Morgan fingerprint density at radius 2 is 1.91 bits per heavy atom. The van der Waals surface area contributed by atoms with Crippen LogP contribution in [0.15, 0.2) is 0 Å². The predicted octanol–water partition coefficient (Wildman–Crippen LogP) is 2.02. The highest BCUT2D eigenvalue weighted by atomic mass is 16.5. The molecular formula is C8H19NO2. The second kappa shape index (κ2) is 9.27. The van der Waals surface area contributed by atoms with Gasteiger partial charge < -0.3 is 10.1 Å². The number of alkyl carbamates (subject to hydrolysis) is 1. The summed E-state index contributed by atoms with van der Waals surface area (Å²) < 4.78 is 4.35. The summed E-state index contributed by atoms with van der Waals surface area (Å²) in [4.78, 5) is 10.4. The minimum absolute atomic E-state index is 0.358. The number of carbonyl (C=O) groups excluding carboxylic acids is 1. The molecule has 0 heterocycles. The Morgan fingerprint density at radius 3 is 2.18 bits per heavy atom. The number of hydrogen-bond acceptors (Lipinski definition) is 2. The first-order chi connectivity index (χ1) is 5.16. The van der Waals surface area contributed by atoms with Crippen molar-refractivity contribution in [3.05, 3.63) is 0 Å². The highest BCUT2D eigenvalue weighted by Crippen LogP contribution is 1.86. The lowest BCUT2D eigenvalue weighted by Gasteiger charge is -2.04. The maximum atomic E-state index is 10.4. The van der Waals surface area contributed by atoms with Crippen molar-refractivity contribution in [2.75, 3.05) is 13.7 Å². The quantitative estimate of drug-likeness (QED) is 0.673. The topological polar surface area (TPSA) is 38.3 Å². The van der Waals surface area contributed by atoms with Crippen LogP contribution in [0.3, 0.4) is 0 Å². The largest absolute Gasteiger partial charge is 0.453 e.